The van der Waals surface area contributed by atoms with Crippen LogP contribution in [0.3, 0.4) is 0 Å². The molecule has 0 unspecified atom stereocenters. The van der Waals surface area contributed by atoms with Crippen LogP contribution >= 0.6 is 11.8 Å². The normalized spacial score (nSPS) is 13.0. The molecule has 0 fully saturated rings. The third kappa shape index (κ3) is 4.35. The topological polar surface area (TPSA) is 113 Å². The molecule has 3 rings (SSSR count). The first-order valence-corrected chi connectivity index (χ1v) is 11.3. The number of nitrogens with one attached hydrogen (secondary N) is 1. The van der Waals surface area contributed by atoms with Crippen LogP contribution < -0.4 is 16.0 Å². The average molecular weight is 445 g/mol. The van der Waals surface area contributed by atoms with Crippen LogP contribution in [0.2, 0.25) is 0 Å². The van der Waals surface area contributed by atoms with Crippen molar-refractivity contribution in [2.24, 2.45) is 0 Å². The van der Waals surface area contributed by atoms with Crippen LogP contribution in [0, 0.1) is 13.8 Å². The Balaban J connectivity index is 2.09. The number of furan rings is 1. The lowest BCUT2D eigenvalue weighted by Gasteiger charge is -2.19. The summed E-state index contributed by atoms with van der Waals surface area (Å²) in [6.45, 7) is 9.87. The highest BCUT2D eigenvalue weighted by atomic mass is 32.2. The number of carbonyl (C=O) groups excluding carboxylic acids is 2. The maximum atomic E-state index is 12.7. The second-order valence-corrected chi connectivity index (χ2v) is 9.63. The van der Waals surface area contributed by atoms with Gasteiger partial charge < -0.3 is 24.1 Å². The van der Waals surface area contributed by atoms with Gasteiger partial charge in [-0.15, -0.1) is 0 Å². The molecule has 0 spiro atoms. The monoisotopic (exact) mass is 444 g/mol. The van der Waals surface area contributed by atoms with Gasteiger partial charge >= 0.3 is 5.63 Å². The van der Waals surface area contributed by atoms with Gasteiger partial charge in [-0.1, -0.05) is 20.8 Å². The minimum absolute atomic E-state index is 0.144. The van der Waals surface area contributed by atoms with E-state index in [-0.39, 0.29) is 23.2 Å². The van der Waals surface area contributed by atoms with Gasteiger partial charge in [-0.25, -0.2) is 4.79 Å². The van der Waals surface area contributed by atoms with E-state index in [0.717, 1.165) is 21.9 Å². The number of carboxylic acid groups (broad SMARTS) is 1. The maximum Gasteiger partial charge on any atom is 0.340 e. The number of fused-ring (bicyclic) bond motifs is 2. The number of aliphatic carboxylic acids is 1. The fraction of sp³-hybridized carbons (Fsp3) is 0.435. The summed E-state index contributed by atoms with van der Waals surface area (Å²) >= 11 is 1.28. The minimum Gasteiger partial charge on any atom is -0.548 e. The Bertz CT molecular complexity index is 1230. The molecule has 1 amide bonds. The van der Waals surface area contributed by atoms with E-state index in [9.17, 15) is 19.5 Å². The fourth-order valence-corrected chi connectivity index (χ4v) is 4.28. The third-order valence-corrected chi connectivity index (χ3v) is 6.11. The van der Waals surface area contributed by atoms with E-state index in [0.29, 0.717) is 16.7 Å². The van der Waals surface area contributed by atoms with E-state index in [1.165, 1.54) is 11.8 Å². The summed E-state index contributed by atoms with van der Waals surface area (Å²) in [5.74, 6) is -1.76. The molecule has 0 aliphatic carbocycles. The standard InChI is InChI=1S/C23H27NO6S/c1-11-13-7-15-16(23(3,4)5)9-29-19(15)12(2)20(13)30-22(28)14(11)8-18(25)24-17(10-31-6)21(26)27/h7,9,17H,8,10H2,1-6H3,(H,24,25)(H,26,27)/p-1/t17-/m0/s1. The highest BCUT2D eigenvalue weighted by Gasteiger charge is 2.24. The van der Waals surface area contributed by atoms with Crippen LogP contribution in [0.4, 0.5) is 0 Å². The Morgan fingerprint density at radius 3 is 2.42 bits per heavy atom. The lowest BCUT2D eigenvalue weighted by Crippen LogP contribution is -2.50. The Hall–Kier alpha value is -2.74. The molecule has 7 nitrogen and oxygen atoms in total. The van der Waals surface area contributed by atoms with Crippen molar-refractivity contribution in [3.63, 3.8) is 0 Å². The summed E-state index contributed by atoms with van der Waals surface area (Å²) in [6, 6.07) is 0.802. The van der Waals surface area contributed by atoms with Gasteiger partial charge in [0.2, 0.25) is 5.91 Å². The second kappa shape index (κ2) is 8.42. The van der Waals surface area contributed by atoms with Crippen LogP contribution in [0.25, 0.3) is 21.9 Å². The van der Waals surface area contributed by atoms with Gasteiger partial charge in [-0.2, -0.15) is 11.8 Å². The zero-order valence-corrected chi connectivity index (χ0v) is 19.3. The summed E-state index contributed by atoms with van der Waals surface area (Å²) in [6.07, 6.45) is 3.18. The lowest BCUT2D eigenvalue weighted by atomic mass is 9.86. The van der Waals surface area contributed by atoms with Gasteiger partial charge in [0, 0.05) is 27.7 Å². The van der Waals surface area contributed by atoms with Crippen LogP contribution in [-0.2, 0) is 21.4 Å². The molecule has 0 saturated heterocycles. The zero-order chi connectivity index (χ0) is 23.1. The molecule has 0 bridgehead atoms. The van der Waals surface area contributed by atoms with Crippen LogP contribution in [0.5, 0.6) is 0 Å². The molecule has 1 atom stereocenters. The van der Waals surface area contributed by atoms with Gasteiger partial charge in [0.25, 0.3) is 0 Å². The number of benzene rings is 1. The summed E-state index contributed by atoms with van der Waals surface area (Å²) in [7, 11) is 0. The number of carbonyl (C=O) groups is 2. The molecule has 2 aromatic heterocycles. The van der Waals surface area contributed by atoms with Gasteiger partial charge in [-0.3, -0.25) is 4.79 Å². The number of aryl methyl sites for hydroxylation is 2. The quantitative estimate of drug-likeness (QED) is 0.582. The molecule has 31 heavy (non-hydrogen) atoms. The molecule has 0 aliphatic rings. The zero-order valence-electron chi connectivity index (χ0n) is 18.5. The average Bonchev–Trinajstić information content (AvgIpc) is 3.10. The van der Waals surface area contributed by atoms with Gasteiger partial charge in [0.1, 0.15) is 11.2 Å². The Labute approximate surface area is 184 Å². The number of rotatable bonds is 6. The van der Waals surface area contributed by atoms with Crippen molar-refractivity contribution < 1.29 is 23.5 Å². The summed E-state index contributed by atoms with van der Waals surface area (Å²) in [4.78, 5) is 36.3. The molecule has 1 N–H and O–H groups in total. The largest absolute Gasteiger partial charge is 0.548 e. The van der Waals surface area contributed by atoms with E-state index in [1.54, 1.807) is 19.4 Å². The highest BCUT2D eigenvalue weighted by molar-refractivity contribution is 7.98. The molecule has 0 aliphatic heterocycles. The van der Waals surface area contributed by atoms with Crippen LogP contribution in [-0.4, -0.2) is 29.9 Å². The summed E-state index contributed by atoms with van der Waals surface area (Å²) < 4.78 is 11.4. The van der Waals surface area contributed by atoms with Crippen LogP contribution in [0.15, 0.2) is 26.0 Å². The van der Waals surface area contributed by atoms with E-state index in [4.69, 9.17) is 8.83 Å². The molecule has 1 aromatic carbocycles. The molecular formula is C23H26NO6S-. The lowest BCUT2D eigenvalue weighted by molar-refractivity contribution is -0.307. The second-order valence-electron chi connectivity index (χ2n) is 8.72. The summed E-state index contributed by atoms with van der Waals surface area (Å²) in [5, 5.41) is 15.3. The van der Waals surface area contributed by atoms with Crippen molar-refractivity contribution in [2.75, 3.05) is 12.0 Å². The van der Waals surface area contributed by atoms with Crippen molar-refractivity contribution in [3.05, 3.63) is 45.0 Å². The van der Waals surface area contributed by atoms with Crippen molar-refractivity contribution in [3.8, 4) is 0 Å². The number of thioether (sulfide) groups is 1. The molecule has 3 aromatic rings. The Morgan fingerprint density at radius 1 is 1.16 bits per heavy atom. The first-order chi connectivity index (χ1) is 14.5. The molecule has 8 heteroatoms. The number of hydrogen-bond acceptors (Lipinski definition) is 7. The van der Waals surface area contributed by atoms with Crippen LogP contribution in [0.1, 0.15) is 43.0 Å². The van der Waals surface area contributed by atoms with E-state index < -0.39 is 23.5 Å². The SMILES string of the molecule is CSC[C@H](NC(=O)Cc1c(C)c2cc3c(C(C)(C)C)coc3c(C)c2oc1=O)C(=O)[O-]. The first-order valence-electron chi connectivity index (χ1n) is 9.92. The molecule has 0 saturated carbocycles. The molecule has 0 radical (unpaired) electrons. The van der Waals surface area contributed by atoms with Gasteiger partial charge in [0.15, 0.2) is 0 Å². The van der Waals surface area contributed by atoms with Gasteiger partial charge in [0.05, 0.1) is 30.3 Å². The van der Waals surface area contributed by atoms with Crippen molar-refractivity contribution in [2.45, 2.75) is 52.5 Å². The molecule has 166 valence electrons. The predicted molar refractivity (Wildman–Crippen MR) is 119 cm³/mol. The highest BCUT2D eigenvalue weighted by Crippen LogP contribution is 2.37. The van der Waals surface area contributed by atoms with Crippen molar-refractivity contribution >= 4 is 45.6 Å². The maximum absolute atomic E-state index is 12.7. The molecule has 2 heterocycles. The summed E-state index contributed by atoms with van der Waals surface area (Å²) in [5.41, 5.74) is 2.90. The molecular weight excluding hydrogens is 418 g/mol. The third-order valence-electron chi connectivity index (χ3n) is 5.44. The Morgan fingerprint density at radius 2 is 1.84 bits per heavy atom. The smallest absolute Gasteiger partial charge is 0.340 e. The van der Waals surface area contributed by atoms with E-state index in [1.807, 2.05) is 13.0 Å². The number of carboxylic acids is 1. The van der Waals surface area contributed by atoms with Gasteiger partial charge in [-0.05, 0) is 37.1 Å². The van der Waals surface area contributed by atoms with Crippen molar-refractivity contribution in [1.82, 2.24) is 5.32 Å². The first kappa shape index (κ1) is 22.9. The van der Waals surface area contributed by atoms with E-state index in [2.05, 4.69) is 26.1 Å². The number of amides is 1. The van der Waals surface area contributed by atoms with Crippen molar-refractivity contribution in [1.29, 1.82) is 0 Å². The van der Waals surface area contributed by atoms with E-state index >= 15 is 0 Å². The fourth-order valence-electron chi connectivity index (χ4n) is 3.72. The minimum atomic E-state index is -1.36. The Kier molecular flexibility index (Phi) is 6.23. The predicted octanol–water partition coefficient (Wildman–Crippen LogP) is 2.59. The number of hydrogen-bond donors (Lipinski definition) is 1.